The molecular formula is C9H10ClNO3. The van der Waals surface area contributed by atoms with Crippen LogP contribution in [0.1, 0.15) is 12.5 Å². The minimum absolute atomic E-state index is 0.0757. The lowest BCUT2D eigenvalue weighted by molar-refractivity contribution is -0.142. The maximum Gasteiger partial charge on any atom is 0.310 e. The Morgan fingerprint density at radius 3 is 2.93 bits per heavy atom. The summed E-state index contributed by atoms with van der Waals surface area (Å²) in [6, 6.07) is 1.46. The van der Waals surface area contributed by atoms with E-state index >= 15 is 0 Å². The molecule has 14 heavy (non-hydrogen) atoms. The van der Waals surface area contributed by atoms with E-state index in [2.05, 4.69) is 4.98 Å². The largest absolute Gasteiger partial charge is 0.466 e. The molecule has 0 radical (unpaired) electrons. The first kappa shape index (κ1) is 10.8. The van der Waals surface area contributed by atoms with Gasteiger partial charge >= 0.3 is 5.97 Å². The van der Waals surface area contributed by atoms with Crippen molar-refractivity contribution >= 4 is 17.6 Å². The van der Waals surface area contributed by atoms with Gasteiger partial charge in [-0.3, -0.25) is 9.59 Å². The Bertz CT molecular complexity index is 386. The molecule has 0 atom stereocenters. The summed E-state index contributed by atoms with van der Waals surface area (Å²) >= 11 is 5.58. The summed E-state index contributed by atoms with van der Waals surface area (Å²) in [6.45, 7) is 2.08. The van der Waals surface area contributed by atoms with Crippen molar-refractivity contribution in [2.45, 2.75) is 13.3 Å². The maximum absolute atomic E-state index is 11.1. The third-order valence-corrected chi connectivity index (χ3v) is 1.85. The lowest BCUT2D eigenvalue weighted by Crippen LogP contribution is -2.11. The van der Waals surface area contributed by atoms with Gasteiger partial charge in [0.2, 0.25) is 0 Å². The zero-order valence-corrected chi connectivity index (χ0v) is 8.43. The Labute approximate surface area is 85.9 Å². The minimum atomic E-state index is -0.362. The van der Waals surface area contributed by atoms with Crippen LogP contribution in [-0.2, 0) is 16.0 Å². The quantitative estimate of drug-likeness (QED) is 0.770. The van der Waals surface area contributed by atoms with Gasteiger partial charge in [-0.25, -0.2) is 0 Å². The number of hydrogen-bond donors (Lipinski definition) is 1. The van der Waals surface area contributed by atoms with Gasteiger partial charge in [-0.15, -0.1) is 0 Å². The Hall–Kier alpha value is -1.29. The Morgan fingerprint density at radius 1 is 1.64 bits per heavy atom. The number of rotatable bonds is 3. The van der Waals surface area contributed by atoms with Crippen LogP contribution in [0.5, 0.6) is 0 Å². The highest BCUT2D eigenvalue weighted by Crippen LogP contribution is 2.05. The molecule has 1 rings (SSSR count). The number of aromatic amines is 1. The molecule has 0 spiro atoms. The van der Waals surface area contributed by atoms with Crippen molar-refractivity contribution in [1.29, 1.82) is 0 Å². The summed E-state index contributed by atoms with van der Waals surface area (Å²) in [7, 11) is 0. The number of carbonyl (C=O) groups excluding carboxylic acids is 1. The summed E-state index contributed by atoms with van der Waals surface area (Å²) in [6.07, 6.45) is 1.56. The van der Waals surface area contributed by atoms with Crippen molar-refractivity contribution in [2.24, 2.45) is 0 Å². The third kappa shape index (κ3) is 2.88. The molecule has 0 aliphatic carbocycles. The van der Waals surface area contributed by atoms with E-state index in [1.165, 1.54) is 12.3 Å². The van der Waals surface area contributed by atoms with Crippen molar-refractivity contribution in [3.8, 4) is 0 Å². The van der Waals surface area contributed by atoms with Crippen molar-refractivity contribution in [3.05, 3.63) is 33.2 Å². The van der Waals surface area contributed by atoms with Crippen LogP contribution in [0.3, 0.4) is 0 Å². The molecule has 0 saturated carbocycles. The van der Waals surface area contributed by atoms with Crippen molar-refractivity contribution in [3.63, 3.8) is 0 Å². The molecule has 4 nitrogen and oxygen atoms in total. The fourth-order valence-electron chi connectivity index (χ4n) is 0.978. The lowest BCUT2D eigenvalue weighted by atomic mass is 10.2. The predicted molar refractivity (Wildman–Crippen MR) is 52.4 cm³/mol. The number of ether oxygens (including phenoxy) is 1. The minimum Gasteiger partial charge on any atom is -0.466 e. The van der Waals surface area contributed by atoms with Crippen LogP contribution in [0.25, 0.3) is 0 Å². The smallest absolute Gasteiger partial charge is 0.310 e. The molecule has 1 heterocycles. The van der Waals surface area contributed by atoms with Crippen LogP contribution in [0, 0.1) is 0 Å². The van der Waals surface area contributed by atoms with E-state index in [1.807, 2.05) is 0 Å². The molecule has 1 aromatic rings. The summed E-state index contributed by atoms with van der Waals surface area (Å²) in [5.41, 5.74) is 0.271. The van der Waals surface area contributed by atoms with E-state index in [4.69, 9.17) is 16.3 Å². The van der Waals surface area contributed by atoms with Gasteiger partial charge in [-0.05, 0) is 18.6 Å². The second-order valence-electron chi connectivity index (χ2n) is 2.67. The fraction of sp³-hybridized carbons (Fsp3) is 0.333. The number of halogens is 1. The topological polar surface area (TPSA) is 59.2 Å². The van der Waals surface area contributed by atoms with Crippen LogP contribution in [0.4, 0.5) is 0 Å². The summed E-state index contributed by atoms with van der Waals surface area (Å²) in [5.74, 6) is -0.337. The summed E-state index contributed by atoms with van der Waals surface area (Å²) in [4.78, 5) is 24.4. The molecule has 1 N–H and O–H groups in total. The average Bonchev–Trinajstić information content (AvgIpc) is 2.12. The van der Waals surface area contributed by atoms with E-state index < -0.39 is 0 Å². The SMILES string of the molecule is CCOC(=O)Cc1c[nH]c(=O)c(Cl)c1. The van der Waals surface area contributed by atoms with Gasteiger partial charge in [0.1, 0.15) is 5.02 Å². The number of carbonyl (C=O) groups is 1. The molecule has 0 unspecified atom stereocenters. The first-order valence-corrected chi connectivity index (χ1v) is 4.54. The van der Waals surface area contributed by atoms with Gasteiger partial charge in [-0.2, -0.15) is 0 Å². The normalized spacial score (nSPS) is 9.86. The highest BCUT2D eigenvalue weighted by atomic mass is 35.5. The van der Waals surface area contributed by atoms with Gasteiger partial charge in [0.15, 0.2) is 0 Å². The Balaban J connectivity index is 2.73. The second-order valence-corrected chi connectivity index (χ2v) is 3.07. The molecule has 0 fully saturated rings. The number of pyridine rings is 1. The zero-order valence-electron chi connectivity index (χ0n) is 7.67. The fourth-order valence-corrected chi connectivity index (χ4v) is 1.17. The van der Waals surface area contributed by atoms with Crippen molar-refractivity contribution in [1.82, 2.24) is 4.98 Å². The first-order chi connectivity index (χ1) is 6.63. The molecule has 0 aromatic carbocycles. The molecule has 1 aromatic heterocycles. The summed E-state index contributed by atoms with van der Waals surface area (Å²) in [5, 5.41) is 0.0757. The van der Waals surface area contributed by atoms with E-state index in [0.717, 1.165) is 0 Å². The van der Waals surface area contributed by atoms with Crippen molar-refractivity contribution < 1.29 is 9.53 Å². The standard InChI is InChI=1S/C9H10ClNO3/c1-2-14-8(12)4-6-3-7(10)9(13)11-5-6/h3,5H,2,4H2,1H3,(H,11,13). The third-order valence-electron chi connectivity index (χ3n) is 1.57. The average molecular weight is 216 g/mol. The lowest BCUT2D eigenvalue weighted by Gasteiger charge is -2.01. The Kier molecular flexibility index (Phi) is 3.71. The number of hydrogen-bond acceptors (Lipinski definition) is 3. The molecule has 0 aliphatic heterocycles. The predicted octanol–water partition coefficient (Wildman–Crippen LogP) is 1.13. The second kappa shape index (κ2) is 4.81. The van der Waals surface area contributed by atoms with Crippen LogP contribution >= 0.6 is 11.6 Å². The Morgan fingerprint density at radius 2 is 2.36 bits per heavy atom. The summed E-state index contributed by atoms with van der Waals surface area (Å²) < 4.78 is 4.74. The monoisotopic (exact) mass is 215 g/mol. The molecule has 5 heteroatoms. The van der Waals surface area contributed by atoms with E-state index in [-0.39, 0.29) is 23.0 Å². The highest BCUT2D eigenvalue weighted by molar-refractivity contribution is 6.30. The zero-order chi connectivity index (χ0) is 10.6. The molecule has 0 saturated heterocycles. The van der Waals surface area contributed by atoms with Crippen LogP contribution < -0.4 is 5.56 Å². The van der Waals surface area contributed by atoms with Crippen LogP contribution in [0.15, 0.2) is 17.1 Å². The highest BCUT2D eigenvalue weighted by Gasteiger charge is 2.05. The number of H-pyrrole nitrogens is 1. The molecule has 0 amide bonds. The van der Waals surface area contributed by atoms with Crippen LogP contribution in [0.2, 0.25) is 5.02 Å². The van der Waals surface area contributed by atoms with Gasteiger partial charge in [0.25, 0.3) is 5.56 Å². The van der Waals surface area contributed by atoms with Crippen molar-refractivity contribution in [2.75, 3.05) is 6.61 Å². The van der Waals surface area contributed by atoms with Crippen LogP contribution in [-0.4, -0.2) is 17.6 Å². The van der Waals surface area contributed by atoms with Gasteiger partial charge in [0, 0.05) is 6.20 Å². The van der Waals surface area contributed by atoms with Gasteiger partial charge in [0.05, 0.1) is 13.0 Å². The van der Waals surface area contributed by atoms with E-state index in [0.29, 0.717) is 12.2 Å². The number of nitrogens with one attached hydrogen (secondary N) is 1. The van der Waals surface area contributed by atoms with E-state index in [1.54, 1.807) is 6.92 Å². The molecule has 76 valence electrons. The first-order valence-electron chi connectivity index (χ1n) is 4.16. The molecular weight excluding hydrogens is 206 g/mol. The van der Waals surface area contributed by atoms with Gasteiger partial charge in [-0.1, -0.05) is 11.6 Å². The van der Waals surface area contributed by atoms with Gasteiger partial charge < -0.3 is 9.72 Å². The number of esters is 1. The maximum atomic E-state index is 11.1. The number of aromatic nitrogens is 1. The molecule has 0 aliphatic rings. The molecule has 0 bridgehead atoms. The van der Waals surface area contributed by atoms with E-state index in [9.17, 15) is 9.59 Å².